The van der Waals surface area contributed by atoms with Crippen molar-refractivity contribution in [3.63, 3.8) is 0 Å². The number of aromatic nitrogens is 3. The number of hydrogen-bond donors (Lipinski definition) is 1. The van der Waals surface area contributed by atoms with Gasteiger partial charge in [0.25, 0.3) is 0 Å². The summed E-state index contributed by atoms with van der Waals surface area (Å²) in [4.78, 5) is 0. The Morgan fingerprint density at radius 3 is 2.64 bits per heavy atom. The number of ether oxygens (including phenoxy) is 1. The van der Waals surface area contributed by atoms with Gasteiger partial charge >= 0.3 is 6.18 Å². The Hall–Kier alpha value is -1.51. The molecule has 22 heavy (non-hydrogen) atoms. The molecule has 0 amide bonds. The van der Waals surface area contributed by atoms with E-state index in [2.05, 4.69) is 26.1 Å². The Kier molecular flexibility index (Phi) is 3.70. The van der Waals surface area contributed by atoms with Crippen molar-refractivity contribution in [3.05, 3.63) is 16.7 Å². The van der Waals surface area contributed by atoms with Gasteiger partial charge in [0, 0.05) is 12.3 Å². The van der Waals surface area contributed by atoms with Crippen LogP contribution in [0.3, 0.4) is 0 Å². The molecule has 0 saturated heterocycles. The van der Waals surface area contributed by atoms with Crippen molar-refractivity contribution in [2.45, 2.75) is 31.9 Å². The SMILES string of the molecule is Nc1nnc2cc(OCC3(C(F)(F)F)CCCC3)c(Br)cn12. The number of halogens is 4. The van der Waals surface area contributed by atoms with Gasteiger partial charge in [0.1, 0.15) is 12.4 Å². The minimum Gasteiger partial charge on any atom is -0.491 e. The van der Waals surface area contributed by atoms with E-state index < -0.39 is 18.2 Å². The fourth-order valence-corrected chi connectivity index (χ4v) is 3.23. The Morgan fingerprint density at radius 1 is 1.32 bits per heavy atom. The van der Waals surface area contributed by atoms with E-state index in [0.29, 0.717) is 28.7 Å². The second-order valence-electron chi connectivity index (χ2n) is 5.55. The number of rotatable bonds is 3. The summed E-state index contributed by atoms with van der Waals surface area (Å²) in [5, 5.41) is 7.53. The fraction of sp³-hybridized carbons (Fsp3) is 0.538. The van der Waals surface area contributed by atoms with Gasteiger partial charge in [-0.3, -0.25) is 4.40 Å². The molecule has 0 aromatic carbocycles. The highest BCUT2D eigenvalue weighted by atomic mass is 79.9. The zero-order chi connectivity index (χ0) is 16.0. The number of anilines is 1. The molecule has 2 aromatic rings. The maximum absolute atomic E-state index is 13.3. The summed E-state index contributed by atoms with van der Waals surface area (Å²) in [5.74, 6) is 0.500. The predicted octanol–water partition coefficient (Wildman–Crippen LogP) is 3.58. The van der Waals surface area contributed by atoms with E-state index in [1.165, 1.54) is 10.5 Å². The summed E-state index contributed by atoms with van der Waals surface area (Å²) in [6.07, 6.45) is -1.33. The van der Waals surface area contributed by atoms with E-state index in [1.54, 1.807) is 6.20 Å². The van der Waals surface area contributed by atoms with Crippen molar-refractivity contribution in [2.24, 2.45) is 5.41 Å². The third-order valence-electron chi connectivity index (χ3n) is 4.15. The first kappa shape index (κ1) is 15.4. The largest absolute Gasteiger partial charge is 0.491 e. The van der Waals surface area contributed by atoms with Gasteiger partial charge in [-0.2, -0.15) is 13.2 Å². The molecule has 1 fully saturated rings. The van der Waals surface area contributed by atoms with Crippen LogP contribution < -0.4 is 10.5 Å². The van der Waals surface area contributed by atoms with E-state index >= 15 is 0 Å². The van der Waals surface area contributed by atoms with Gasteiger partial charge in [0.05, 0.1) is 9.89 Å². The third-order valence-corrected chi connectivity index (χ3v) is 4.75. The molecule has 0 spiro atoms. The number of fused-ring (bicyclic) bond motifs is 1. The topological polar surface area (TPSA) is 65.4 Å². The molecule has 2 aromatic heterocycles. The van der Waals surface area contributed by atoms with Crippen molar-refractivity contribution < 1.29 is 17.9 Å². The number of hydrogen-bond acceptors (Lipinski definition) is 4. The van der Waals surface area contributed by atoms with Crippen molar-refractivity contribution >= 4 is 27.5 Å². The Labute approximate surface area is 132 Å². The minimum absolute atomic E-state index is 0.105. The molecular weight excluding hydrogens is 365 g/mol. The molecule has 1 aliphatic rings. The highest BCUT2D eigenvalue weighted by Crippen LogP contribution is 2.50. The second-order valence-corrected chi connectivity index (χ2v) is 6.40. The molecule has 0 atom stereocenters. The molecule has 0 bridgehead atoms. The van der Waals surface area contributed by atoms with Crippen LogP contribution in [0.4, 0.5) is 19.1 Å². The molecule has 9 heteroatoms. The van der Waals surface area contributed by atoms with E-state index in [-0.39, 0.29) is 18.8 Å². The summed E-state index contributed by atoms with van der Waals surface area (Å²) in [5.41, 5.74) is 4.29. The molecule has 2 N–H and O–H groups in total. The maximum atomic E-state index is 13.3. The second kappa shape index (κ2) is 5.29. The number of nitrogens with two attached hydrogens (primary N) is 1. The smallest absolute Gasteiger partial charge is 0.397 e. The average Bonchev–Trinajstić information content (AvgIpc) is 3.05. The molecule has 1 saturated carbocycles. The predicted molar refractivity (Wildman–Crippen MR) is 77.6 cm³/mol. The number of nitrogen functional groups attached to an aromatic ring is 1. The van der Waals surface area contributed by atoms with Gasteiger partial charge in [-0.1, -0.05) is 12.8 Å². The first-order chi connectivity index (χ1) is 10.3. The van der Waals surface area contributed by atoms with Gasteiger partial charge in [-0.15, -0.1) is 10.2 Å². The molecule has 5 nitrogen and oxygen atoms in total. The Morgan fingerprint density at radius 2 is 2.00 bits per heavy atom. The van der Waals surface area contributed by atoms with Crippen LogP contribution in [0, 0.1) is 5.41 Å². The standard InChI is InChI=1S/C13H14BrF3N4O/c14-8-6-21-10(19-20-11(21)18)5-9(8)22-7-12(13(15,16)17)3-1-2-4-12/h5-6H,1-4,7H2,(H2,18,20). The molecule has 1 aliphatic carbocycles. The van der Waals surface area contributed by atoms with E-state index in [4.69, 9.17) is 10.5 Å². The van der Waals surface area contributed by atoms with Gasteiger partial charge in [-0.05, 0) is 28.8 Å². The summed E-state index contributed by atoms with van der Waals surface area (Å²) < 4.78 is 47.5. The maximum Gasteiger partial charge on any atom is 0.397 e. The van der Waals surface area contributed by atoms with E-state index in [1.807, 2.05) is 0 Å². The molecule has 120 valence electrons. The first-order valence-electron chi connectivity index (χ1n) is 6.82. The average molecular weight is 379 g/mol. The number of alkyl halides is 3. The van der Waals surface area contributed by atoms with Crippen molar-refractivity contribution in [3.8, 4) is 5.75 Å². The van der Waals surface area contributed by atoms with Gasteiger partial charge < -0.3 is 10.5 Å². The van der Waals surface area contributed by atoms with Crippen LogP contribution in [0.5, 0.6) is 5.75 Å². The van der Waals surface area contributed by atoms with Crippen molar-refractivity contribution in [1.82, 2.24) is 14.6 Å². The van der Waals surface area contributed by atoms with Gasteiger partial charge in [0.2, 0.25) is 5.95 Å². The van der Waals surface area contributed by atoms with Crippen molar-refractivity contribution in [2.75, 3.05) is 12.3 Å². The minimum atomic E-state index is -4.26. The third kappa shape index (κ3) is 2.51. The van der Waals surface area contributed by atoms with Crippen LogP contribution in [0.2, 0.25) is 0 Å². The number of pyridine rings is 1. The van der Waals surface area contributed by atoms with Gasteiger partial charge in [-0.25, -0.2) is 0 Å². The summed E-state index contributed by atoms with van der Waals surface area (Å²) >= 11 is 3.28. The zero-order valence-corrected chi connectivity index (χ0v) is 13.1. The van der Waals surface area contributed by atoms with Gasteiger partial charge in [0.15, 0.2) is 5.65 Å². The summed E-state index contributed by atoms with van der Waals surface area (Å²) in [6.45, 7) is -0.394. The molecule has 0 unspecified atom stereocenters. The van der Waals surface area contributed by atoms with Crippen LogP contribution in [0.15, 0.2) is 16.7 Å². The van der Waals surface area contributed by atoms with Crippen LogP contribution in [-0.2, 0) is 0 Å². The lowest BCUT2D eigenvalue weighted by Crippen LogP contribution is -2.40. The normalized spacial score (nSPS) is 18.0. The van der Waals surface area contributed by atoms with Crippen LogP contribution in [0.25, 0.3) is 5.65 Å². The van der Waals surface area contributed by atoms with Crippen LogP contribution >= 0.6 is 15.9 Å². The first-order valence-corrected chi connectivity index (χ1v) is 7.61. The fourth-order valence-electron chi connectivity index (χ4n) is 2.80. The van der Waals surface area contributed by atoms with E-state index in [9.17, 15) is 13.2 Å². The molecule has 0 aliphatic heterocycles. The van der Waals surface area contributed by atoms with Crippen LogP contribution in [0.1, 0.15) is 25.7 Å². The number of nitrogens with zero attached hydrogens (tertiary/aromatic N) is 3. The summed E-state index contributed by atoms with van der Waals surface area (Å²) in [6, 6.07) is 1.52. The van der Waals surface area contributed by atoms with E-state index in [0.717, 1.165) is 0 Å². The van der Waals surface area contributed by atoms with Crippen molar-refractivity contribution in [1.29, 1.82) is 0 Å². The molecule has 3 rings (SSSR count). The molecular formula is C13H14BrF3N4O. The monoisotopic (exact) mass is 378 g/mol. The lowest BCUT2D eigenvalue weighted by molar-refractivity contribution is -0.230. The lowest BCUT2D eigenvalue weighted by Gasteiger charge is -2.31. The Bertz CT molecular complexity index is 694. The summed E-state index contributed by atoms with van der Waals surface area (Å²) in [7, 11) is 0. The lowest BCUT2D eigenvalue weighted by atomic mass is 9.86. The zero-order valence-electron chi connectivity index (χ0n) is 11.5. The van der Waals surface area contributed by atoms with Crippen LogP contribution in [-0.4, -0.2) is 27.4 Å². The molecule has 2 heterocycles. The highest BCUT2D eigenvalue weighted by molar-refractivity contribution is 9.10. The highest BCUT2D eigenvalue weighted by Gasteiger charge is 2.56. The Balaban J connectivity index is 1.85. The quantitative estimate of drug-likeness (QED) is 0.886. The molecule has 0 radical (unpaired) electrons.